The minimum absolute atomic E-state index is 0.555. The first-order valence-electron chi connectivity index (χ1n) is 7.05. The van der Waals surface area contributed by atoms with Gasteiger partial charge in [0.15, 0.2) is 0 Å². The lowest BCUT2D eigenvalue weighted by Gasteiger charge is -2.09. The van der Waals surface area contributed by atoms with Gasteiger partial charge < -0.3 is 10.5 Å². The van der Waals surface area contributed by atoms with Crippen molar-refractivity contribution < 1.29 is 4.74 Å². The molecule has 0 aromatic heterocycles. The second-order valence-corrected chi connectivity index (χ2v) is 5.39. The SMILES string of the molecule is Nc1cccc(-c2ccc(OCc3ccccc3)cc2)c1Cl. The average molecular weight is 310 g/mol. The maximum Gasteiger partial charge on any atom is 0.119 e. The van der Waals surface area contributed by atoms with Gasteiger partial charge in [-0.15, -0.1) is 0 Å². The molecule has 2 N–H and O–H groups in total. The number of halogens is 1. The van der Waals surface area contributed by atoms with Gasteiger partial charge in [0.25, 0.3) is 0 Å². The number of nitrogens with two attached hydrogens (primary N) is 1. The molecule has 0 aliphatic rings. The number of benzene rings is 3. The first-order valence-corrected chi connectivity index (χ1v) is 7.43. The van der Waals surface area contributed by atoms with Crippen LogP contribution in [-0.4, -0.2) is 0 Å². The Labute approximate surface area is 135 Å². The molecule has 3 aromatic carbocycles. The molecule has 0 saturated carbocycles. The molecule has 0 aliphatic carbocycles. The summed E-state index contributed by atoms with van der Waals surface area (Å²) >= 11 is 6.25. The van der Waals surface area contributed by atoms with Gasteiger partial charge in [-0.3, -0.25) is 0 Å². The molecular formula is C19H16ClNO. The fraction of sp³-hybridized carbons (Fsp3) is 0.0526. The van der Waals surface area contributed by atoms with Crippen molar-refractivity contribution in [2.45, 2.75) is 6.61 Å². The predicted molar refractivity (Wildman–Crippen MR) is 92.1 cm³/mol. The molecule has 3 rings (SSSR count). The normalized spacial score (nSPS) is 10.4. The number of ether oxygens (including phenoxy) is 1. The summed E-state index contributed by atoms with van der Waals surface area (Å²) in [6.45, 7) is 0.555. The van der Waals surface area contributed by atoms with E-state index in [4.69, 9.17) is 22.1 Å². The lowest BCUT2D eigenvalue weighted by Crippen LogP contribution is -1.94. The summed E-state index contributed by atoms with van der Waals surface area (Å²) < 4.78 is 5.78. The molecule has 0 saturated heterocycles. The highest BCUT2D eigenvalue weighted by molar-refractivity contribution is 6.35. The topological polar surface area (TPSA) is 35.2 Å². The van der Waals surface area contributed by atoms with Crippen molar-refractivity contribution >= 4 is 17.3 Å². The average Bonchev–Trinajstić information content (AvgIpc) is 2.57. The van der Waals surface area contributed by atoms with Crippen LogP contribution in [0.3, 0.4) is 0 Å². The zero-order valence-corrected chi connectivity index (χ0v) is 12.8. The Balaban J connectivity index is 1.74. The van der Waals surface area contributed by atoms with Crippen LogP contribution in [0, 0.1) is 0 Å². The molecule has 0 aliphatic heterocycles. The zero-order chi connectivity index (χ0) is 15.4. The molecule has 3 aromatic rings. The van der Waals surface area contributed by atoms with Crippen LogP contribution in [0.5, 0.6) is 5.75 Å². The summed E-state index contributed by atoms with van der Waals surface area (Å²) in [6, 6.07) is 23.6. The number of rotatable bonds is 4. The molecule has 3 heteroatoms. The van der Waals surface area contributed by atoms with Crippen LogP contribution in [0.1, 0.15) is 5.56 Å². The molecule has 2 nitrogen and oxygen atoms in total. The zero-order valence-electron chi connectivity index (χ0n) is 12.0. The van der Waals surface area contributed by atoms with Gasteiger partial charge in [0, 0.05) is 5.56 Å². The maximum absolute atomic E-state index is 6.25. The van der Waals surface area contributed by atoms with Crippen molar-refractivity contribution in [1.29, 1.82) is 0 Å². The Bertz CT molecular complexity index is 754. The summed E-state index contributed by atoms with van der Waals surface area (Å²) in [4.78, 5) is 0. The van der Waals surface area contributed by atoms with Gasteiger partial charge in [-0.2, -0.15) is 0 Å². The summed E-state index contributed by atoms with van der Waals surface area (Å²) in [6.07, 6.45) is 0. The molecule has 0 fully saturated rings. The fourth-order valence-corrected chi connectivity index (χ4v) is 2.48. The molecule has 0 radical (unpaired) electrons. The lowest BCUT2D eigenvalue weighted by molar-refractivity contribution is 0.306. The van der Waals surface area contributed by atoms with Gasteiger partial charge in [-0.1, -0.05) is 66.2 Å². The number of nitrogen functional groups attached to an aromatic ring is 1. The smallest absolute Gasteiger partial charge is 0.119 e. The van der Waals surface area contributed by atoms with Crippen LogP contribution in [-0.2, 0) is 6.61 Å². The summed E-state index contributed by atoms with van der Waals surface area (Å²) in [7, 11) is 0. The van der Waals surface area contributed by atoms with Gasteiger partial charge in [-0.25, -0.2) is 0 Å². The van der Waals surface area contributed by atoms with Crippen LogP contribution in [0.2, 0.25) is 5.02 Å². The summed E-state index contributed by atoms with van der Waals surface area (Å²) in [5, 5.41) is 0.584. The predicted octanol–water partition coefficient (Wildman–Crippen LogP) is 5.17. The summed E-state index contributed by atoms with van der Waals surface area (Å²) in [5.41, 5.74) is 9.52. The molecule has 0 bridgehead atoms. The van der Waals surface area contributed by atoms with E-state index in [0.29, 0.717) is 17.3 Å². The fourth-order valence-electron chi connectivity index (χ4n) is 2.24. The van der Waals surface area contributed by atoms with E-state index in [0.717, 1.165) is 22.4 Å². The van der Waals surface area contributed by atoms with E-state index in [1.807, 2.05) is 66.7 Å². The first-order chi connectivity index (χ1) is 10.7. The third-order valence-corrected chi connectivity index (χ3v) is 3.86. The van der Waals surface area contributed by atoms with Gasteiger partial charge in [-0.05, 0) is 29.3 Å². The van der Waals surface area contributed by atoms with Gasteiger partial charge >= 0.3 is 0 Å². The van der Waals surface area contributed by atoms with Crippen molar-refractivity contribution in [1.82, 2.24) is 0 Å². The Morgan fingerprint density at radius 1 is 0.818 bits per heavy atom. The van der Waals surface area contributed by atoms with E-state index in [9.17, 15) is 0 Å². The van der Waals surface area contributed by atoms with Crippen molar-refractivity contribution in [2.75, 3.05) is 5.73 Å². The van der Waals surface area contributed by atoms with E-state index in [-0.39, 0.29) is 0 Å². The van der Waals surface area contributed by atoms with Gasteiger partial charge in [0.2, 0.25) is 0 Å². The molecule has 0 amide bonds. The summed E-state index contributed by atoms with van der Waals surface area (Å²) in [5.74, 6) is 0.827. The van der Waals surface area contributed by atoms with E-state index < -0.39 is 0 Å². The van der Waals surface area contributed by atoms with Crippen LogP contribution >= 0.6 is 11.6 Å². The van der Waals surface area contributed by atoms with E-state index in [2.05, 4.69) is 0 Å². The monoisotopic (exact) mass is 309 g/mol. The van der Waals surface area contributed by atoms with E-state index >= 15 is 0 Å². The Morgan fingerprint density at radius 2 is 1.55 bits per heavy atom. The van der Waals surface area contributed by atoms with Crippen LogP contribution in [0.25, 0.3) is 11.1 Å². The third kappa shape index (κ3) is 3.23. The van der Waals surface area contributed by atoms with Crippen molar-refractivity contribution in [3.63, 3.8) is 0 Å². The van der Waals surface area contributed by atoms with Gasteiger partial charge in [0.1, 0.15) is 12.4 Å². The molecule has 0 atom stereocenters. The molecule has 0 spiro atoms. The molecule has 22 heavy (non-hydrogen) atoms. The van der Waals surface area contributed by atoms with Crippen LogP contribution < -0.4 is 10.5 Å². The highest BCUT2D eigenvalue weighted by atomic mass is 35.5. The molecule has 110 valence electrons. The highest BCUT2D eigenvalue weighted by Crippen LogP contribution is 2.32. The number of hydrogen-bond acceptors (Lipinski definition) is 2. The first kappa shape index (κ1) is 14.5. The Hall–Kier alpha value is -2.45. The minimum Gasteiger partial charge on any atom is -0.489 e. The largest absolute Gasteiger partial charge is 0.489 e. The Kier molecular flexibility index (Phi) is 4.31. The van der Waals surface area contributed by atoms with Crippen molar-refractivity contribution in [2.24, 2.45) is 0 Å². The number of hydrogen-bond donors (Lipinski definition) is 1. The standard InChI is InChI=1S/C19H16ClNO/c20-19-17(7-4-8-18(19)21)15-9-11-16(12-10-15)22-13-14-5-2-1-3-6-14/h1-12H,13,21H2. The van der Waals surface area contributed by atoms with Crippen molar-refractivity contribution in [3.8, 4) is 16.9 Å². The van der Waals surface area contributed by atoms with E-state index in [1.165, 1.54) is 0 Å². The molecule has 0 heterocycles. The van der Waals surface area contributed by atoms with Crippen LogP contribution in [0.15, 0.2) is 72.8 Å². The Morgan fingerprint density at radius 3 is 2.27 bits per heavy atom. The molecular weight excluding hydrogens is 294 g/mol. The third-order valence-electron chi connectivity index (χ3n) is 3.44. The van der Waals surface area contributed by atoms with Crippen molar-refractivity contribution in [3.05, 3.63) is 83.4 Å². The minimum atomic E-state index is 0.555. The highest BCUT2D eigenvalue weighted by Gasteiger charge is 2.06. The maximum atomic E-state index is 6.25. The second-order valence-electron chi connectivity index (χ2n) is 5.01. The number of anilines is 1. The molecule has 0 unspecified atom stereocenters. The van der Waals surface area contributed by atoms with Gasteiger partial charge in [0.05, 0.1) is 10.7 Å². The van der Waals surface area contributed by atoms with E-state index in [1.54, 1.807) is 6.07 Å². The lowest BCUT2D eigenvalue weighted by atomic mass is 10.0. The van der Waals surface area contributed by atoms with Crippen LogP contribution in [0.4, 0.5) is 5.69 Å². The quantitative estimate of drug-likeness (QED) is 0.675. The second kappa shape index (κ2) is 6.54.